The van der Waals surface area contributed by atoms with E-state index in [1.165, 1.54) is 12.1 Å². The van der Waals surface area contributed by atoms with E-state index >= 15 is 0 Å². The monoisotopic (exact) mass is 595 g/mol. The highest BCUT2D eigenvalue weighted by molar-refractivity contribution is 7.86. The van der Waals surface area contributed by atoms with Gasteiger partial charge in [0.15, 0.2) is 0 Å². The number of benzene rings is 1. The van der Waals surface area contributed by atoms with E-state index in [2.05, 4.69) is 10.1 Å². The standard InChI is InChI=1S/C25H41NO13S/c1-22-2-4-23(5-3-22)40(30,31)39-19-18-37-17-16-36-15-14-35-13-12-34-11-10-33-9-8-32-7-6-26-24(27)20-38-21-25(28)29/h2-5H,6-21H2,1H3,(H,26,27)(H,28,29). The van der Waals surface area contributed by atoms with Gasteiger partial charge in [0.25, 0.3) is 10.1 Å². The lowest BCUT2D eigenvalue weighted by Gasteiger charge is -2.09. The number of aliphatic carboxylic acids is 1. The van der Waals surface area contributed by atoms with Crippen LogP contribution in [0, 0.1) is 6.92 Å². The van der Waals surface area contributed by atoms with Crippen LogP contribution < -0.4 is 5.32 Å². The van der Waals surface area contributed by atoms with E-state index < -0.39 is 28.6 Å². The molecule has 0 aliphatic heterocycles. The predicted molar refractivity (Wildman–Crippen MR) is 141 cm³/mol. The van der Waals surface area contributed by atoms with Gasteiger partial charge >= 0.3 is 5.97 Å². The minimum Gasteiger partial charge on any atom is -0.480 e. The minimum atomic E-state index is -3.78. The Bertz CT molecular complexity index is 896. The number of carboxylic acids is 1. The second-order valence-corrected chi connectivity index (χ2v) is 9.62. The second-order valence-electron chi connectivity index (χ2n) is 8.00. The van der Waals surface area contributed by atoms with Crippen LogP contribution in [-0.4, -0.2) is 131 Å². The van der Waals surface area contributed by atoms with Crippen molar-refractivity contribution in [3.8, 4) is 0 Å². The second kappa shape index (κ2) is 23.5. The summed E-state index contributed by atoms with van der Waals surface area (Å²) in [5.41, 5.74) is 0.965. The lowest BCUT2D eigenvalue weighted by atomic mass is 10.2. The molecule has 2 N–H and O–H groups in total. The summed E-state index contributed by atoms with van der Waals surface area (Å²) in [6.45, 7) is 5.57. The van der Waals surface area contributed by atoms with Gasteiger partial charge in [0, 0.05) is 6.54 Å². The van der Waals surface area contributed by atoms with Gasteiger partial charge in [-0.2, -0.15) is 8.42 Å². The number of carbonyl (C=O) groups is 2. The summed E-state index contributed by atoms with van der Waals surface area (Å²) in [7, 11) is -3.78. The Kier molecular flexibility index (Phi) is 21.0. The molecule has 40 heavy (non-hydrogen) atoms. The van der Waals surface area contributed by atoms with Crippen LogP contribution in [-0.2, 0) is 57.0 Å². The molecule has 1 aromatic carbocycles. The molecule has 1 amide bonds. The number of rotatable bonds is 27. The number of ether oxygens (including phenoxy) is 7. The van der Waals surface area contributed by atoms with Crippen LogP contribution in [0.4, 0.5) is 0 Å². The molecule has 0 aliphatic rings. The largest absolute Gasteiger partial charge is 0.480 e. The smallest absolute Gasteiger partial charge is 0.329 e. The molecule has 0 heterocycles. The fourth-order valence-corrected chi connectivity index (χ4v) is 3.61. The molecule has 0 saturated heterocycles. The van der Waals surface area contributed by atoms with Crippen LogP contribution in [0.2, 0.25) is 0 Å². The van der Waals surface area contributed by atoms with Crippen LogP contribution in [0.25, 0.3) is 0 Å². The van der Waals surface area contributed by atoms with E-state index in [-0.39, 0.29) is 31.3 Å². The van der Waals surface area contributed by atoms with Crippen molar-refractivity contribution >= 4 is 22.0 Å². The van der Waals surface area contributed by atoms with Gasteiger partial charge in [0.1, 0.15) is 13.2 Å². The molecule has 1 aromatic rings. The lowest BCUT2D eigenvalue weighted by Crippen LogP contribution is -2.31. The Morgan fingerprint density at radius 2 is 1.07 bits per heavy atom. The first-order valence-electron chi connectivity index (χ1n) is 12.8. The number of amides is 1. The normalized spacial score (nSPS) is 11.5. The topological polar surface area (TPSA) is 174 Å². The van der Waals surface area contributed by atoms with Gasteiger partial charge in [-0.1, -0.05) is 17.7 Å². The average molecular weight is 596 g/mol. The minimum absolute atomic E-state index is 0.0740. The fraction of sp³-hybridized carbons (Fsp3) is 0.680. The summed E-state index contributed by atoms with van der Waals surface area (Å²) < 4.78 is 65.8. The zero-order valence-corrected chi connectivity index (χ0v) is 23.7. The van der Waals surface area contributed by atoms with Gasteiger partial charge in [0.2, 0.25) is 5.91 Å². The maximum absolute atomic E-state index is 12.0. The molecule has 15 heteroatoms. The third-order valence-corrected chi connectivity index (χ3v) is 5.99. The number of hydrogen-bond donors (Lipinski definition) is 2. The summed E-state index contributed by atoms with van der Waals surface area (Å²) in [6.07, 6.45) is 0. The van der Waals surface area contributed by atoms with Crippen LogP contribution in [0.3, 0.4) is 0 Å². The first-order valence-corrected chi connectivity index (χ1v) is 14.2. The van der Waals surface area contributed by atoms with E-state index in [1.54, 1.807) is 12.1 Å². The third-order valence-electron chi connectivity index (χ3n) is 4.66. The highest BCUT2D eigenvalue weighted by Gasteiger charge is 2.14. The molecule has 0 bridgehead atoms. The van der Waals surface area contributed by atoms with Crippen LogP contribution >= 0.6 is 0 Å². The molecule has 0 unspecified atom stereocenters. The molecule has 0 radical (unpaired) electrons. The maximum atomic E-state index is 12.0. The van der Waals surface area contributed by atoms with Crippen molar-refractivity contribution < 1.29 is 60.5 Å². The van der Waals surface area contributed by atoms with Gasteiger partial charge in [-0.3, -0.25) is 8.98 Å². The number of carbonyl (C=O) groups excluding carboxylic acids is 1. The Balaban J connectivity index is 1.76. The van der Waals surface area contributed by atoms with Gasteiger partial charge in [-0.25, -0.2) is 4.79 Å². The molecular weight excluding hydrogens is 554 g/mol. The van der Waals surface area contributed by atoms with E-state index in [9.17, 15) is 18.0 Å². The van der Waals surface area contributed by atoms with Crippen LogP contribution in [0.5, 0.6) is 0 Å². The maximum Gasteiger partial charge on any atom is 0.329 e. The SMILES string of the molecule is Cc1ccc(S(=O)(=O)OCCOCCOCCOCCOCCOCCOCCNC(=O)COCC(=O)O)cc1. The number of hydrogen-bond acceptors (Lipinski definition) is 12. The first kappa shape index (κ1) is 35.8. The van der Waals surface area contributed by atoms with E-state index in [4.69, 9.17) is 37.7 Å². The van der Waals surface area contributed by atoms with Crippen molar-refractivity contribution in [2.24, 2.45) is 0 Å². The highest BCUT2D eigenvalue weighted by atomic mass is 32.2. The molecule has 14 nitrogen and oxygen atoms in total. The predicted octanol–water partition coefficient (Wildman–Crippen LogP) is 0.0173. The van der Waals surface area contributed by atoms with E-state index in [0.717, 1.165) is 5.56 Å². The molecule has 1 rings (SSSR count). The van der Waals surface area contributed by atoms with Crippen LogP contribution in [0.1, 0.15) is 5.56 Å². The summed E-state index contributed by atoms with van der Waals surface area (Å²) in [4.78, 5) is 21.7. The lowest BCUT2D eigenvalue weighted by molar-refractivity contribution is -0.143. The molecule has 0 aromatic heterocycles. The Morgan fingerprint density at radius 3 is 1.52 bits per heavy atom. The molecule has 0 atom stereocenters. The molecule has 0 saturated carbocycles. The Morgan fingerprint density at radius 1 is 0.650 bits per heavy atom. The van der Waals surface area contributed by atoms with Crippen LogP contribution in [0.15, 0.2) is 29.2 Å². The van der Waals surface area contributed by atoms with Crippen molar-refractivity contribution in [2.75, 3.05) is 106 Å². The molecule has 0 spiro atoms. The number of carboxylic acid groups (broad SMARTS) is 1. The summed E-state index contributed by atoms with van der Waals surface area (Å²) in [5.74, 6) is -1.54. The quantitative estimate of drug-likeness (QED) is 0.103. The highest BCUT2D eigenvalue weighted by Crippen LogP contribution is 2.12. The zero-order valence-electron chi connectivity index (χ0n) is 22.9. The first-order chi connectivity index (χ1) is 19.3. The van der Waals surface area contributed by atoms with E-state index in [0.29, 0.717) is 72.7 Å². The molecular formula is C25H41NO13S. The van der Waals surface area contributed by atoms with Gasteiger partial charge < -0.3 is 43.6 Å². The summed E-state index contributed by atoms with van der Waals surface area (Å²) >= 11 is 0. The van der Waals surface area contributed by atoms with Gasteiger partial charge in [-0.15, -0.1) is 0 Å². The van der Waals surface area contributed by atoms with Crippen molar-refractivity contribution in [2.45, 2.75) is 11.8 Å². The fourth-order valence-electron chi connectivity index (χ4n) is 2.72. The summed E-state index contributed by atoms with van der Waals surface area (Å²) in [6, 6.07) is 6.43. The Hall–Kier alpha value is -2.21. The third kappa shape index (κ3) is 20.7. The van der Waals surface area contributed by atoms with Crippen molar-refractivity contribution in [1.82, 2.24) is 5.32 Å². The number of nitrogens with one attached hydrogen (secondary N) is 1. The van der Waals surface area contributed by atoms with Crippen molar-refractivity contribution in [3.63, 3.8) is 0 Å². The summed E-state index contributed by atoms with van der Waals surface area (Å²) in [5, 5.41) is 10.9. The average Bonchev–Trinajstić information content (AvgIpc) is 2.91. The van der Waals surface area contributed by atoms with Crippen molar-refractivity contribution in [3.05, 3.63) is 29.8 Å². The molecule has 0 fully saturated rings. The number of aryl methyl sites for hydroxylation is 1. The Labute approximate surface area is 235 Å². The van der Waals surface area contributed by atoms with Crippen molar-refractivity contribution in [1.29, 1.82) is 0 Å². The van der Waals surface area contributed by atoms with E-state index in [1.807, 2.05) is 6.92 Å². The molecule has 230 valence electrons. The molecule has 0 aliphatic carbocycles. The van der Waals surface area contributed by atoms with Gasteiger partial charge in [0.05, 0.1) is 90.8 Å². The zero-order chi connectivity index (χ0) is 29.3. The van der Waals surface area contributed by atoms with Gasteiger partial charge in [-0.05, 0) is 19.1 Å².